The molecule has 0 aromatic carbocycles. The molecule has 4 rings (SSSR count). The van der Waals surface area contributed by atoms with Crippen molar-refractivity contribution in [3.63, 3.8) is 0 Å². The standard InChI is InChI=1S/C23H40N2/c1-16-8-10-19(18(3)14-16)22-7-5-13-25(22)23-15-17(2)9-11-20(23)21-6-4-12-24-21/h4,6,16-24H,5,7-15H2,1-3H3/t16?,17?,18?,19-,20?,21?,22?,23-/m0/s1. The summed E-state index contributed by atoms with van der Waals surface area (Å²) >= 11 is 0. The van der Waals surface area contributed by atoms with E-state index in [2.05, 4.69) is 43.1 Å². The van der Waals surface area contributed by atoms with Gasteiger partial charge in [0, 0.05) is 24.7 Å². The smallest absolute Gasteiger partial charge is 0.0296 e. The fraction of sp³-hybridized carbons (Fsp3) is 0.913. The summed E-state index contributed by atoms with van der Waals surface area (Å²) in [5.41, 5.74) is 0. The van der Waals surface area contributed by atoms with Crippen molar-refractivity contribution in [3.8, 4) is 0 Å². The summed E-state index contributed by atoms with van der Waals surface area (Å²) in [6.07, 6.45) is 16.4. The van der Waals surface area contributed by atoms with Crippen molar-refractivity contribution in [1.82, 2.24) is 10.2 Å². The van der Waals surface area contributed by atoms with Crippen LogP contribution in [0.15, 0.2) is 12.2 Å². The van der Waals surface area contributed by atoms with E-state index in [1.807, 2.05) is 0 Å². The van der Waals surface area contributed by atoms with Crippen LogP contribution in [0, 0.1) is 29.6 Å². The third kappa shape index (κ3) is 3.72. The molecular weight excluding hydrogens is 304 g/mol. The van der Waals surface area contributed by atoms with Crippen molar-refractivity contribution < 1.29 is 0 Å². The Morgan fingerprint density at radius 3 is 2.32 bits per heavy atom. The van der Waals surface area contributed by atoms with Crippen molar-refractivity contribution in [2.75, 3.05) is 13.1 Å². The fourth-order valence-electron chi connectivity index (χ4n) is 6.90. The molecule has 2 heterocycles. The van der Waals surface area contributed by atoms with Gasteiger partial charge < -0.3 is 5.32 Å². The number of hydrogen-bond donors (Lipinski definition) is 1. The molecular formula is C23H40N2. The van der Waals surface area contributed by atoms with Crippen LogP contribution in [0.4, 0.5) is 0 Å². The molecule has 25 heavy (non-hydrogen) atoms. The van der Waals surface area contributed by atoms with Crippen LogP contribution >= 0.6 is 0 Å². The van der Waals surface area contributed by atoms with Crippen LogP contribution in [0.25, 0.3) is 0 Å². The van der Waals surface area contributed by atoms with E-state index in [0.717, 1.165) is 48.2 Å². The zero-order valence-corrected chi connectivity index (χ0v) is 16.8. The topological polar surface area (TPSA) is 15.3 Å². The molecule has 0 amide bonds. The minimum absolute atomic E-state index is 0.641. The van der Waals surface area contributed by atoms with Gasteiger partial charge in [0.15, 0.2) is 0 Å². The number of hydrogen-bond acceptors (Lipinski definition) is 2. The molecule has 1 saturated heterocycles. The summed E-state index contributed by atoms with van der Waals surface area (Å²) in [6.45, 7) is 9.98. The Bertz CT molecular complexity index is 473. The van der Waals surface area contributed by atoms with E-state index in [1.165, 1.54) is 57.9 Å². The molecule has 3 fully saturated rings. The Labute approximate surface area is 155 Å². The predicted molar refractivity (Wildman–Crippen MR) is 107 cm³/mol. The van der Waals surface area contributed by atoms with E-state index < -0.39 is 0 Å². The minimum Gasteiger partial charge on any atom is -0.307 e. The molecule has 2 nitrogen and oxygen atoms in total. The molecule has 1 N–H and O–H groups in total. The summed E-state index contributed by atoms with van der Waals surface area (Å²) < 4.78 is 0. The summed E-state index contributed by atoms with van der Waals surface area (Å²) in [4.78, 5) is 3.03. The lowest BCUT2D eigenvalue weighted by molar-refractivity contribution is 0.0185. The molecule has 2 heteroatoms. The van der Waals surface area contributed by atoms with Gasteiger partial charge in [0.1, 0.15) is 0 Å². The van der Waals surface area contributed by atoms with Crippen LogP contribution in [-0.4, -0.2) is 36.1 Å². The van der Waals surface area contributed by atoms with Gasteiger partial charge in [-0.2, -0.15) is 0 Å². The monoisotopic (exact) mass is 344 g/mol. The van der Waals surface area contributed by atoms with E-state index in [4.69, 9.17) is 0 Å². The lowest BCUT2D eigenvalue weighted by Gasteiger charge is -2.48. The highest BCUT2D eigenvalue weighted by Gasteiger charge is 2.44. The summed E-state index contributed by atoms with van der Waals surface area (Å²) in [5.74, 6) is 4.60. The first-order chi connectivity index (χ1) is 12.1. The van der Waals surface area contributed by atoms with Gasteiger partial charge in [-0.3, -0.25) is 4.90 Å². The molecule has 2 aliphatic carbocycles. The third-order valence-electron chi connectivity index (χ3n) is 8.17. The second-order valence-electron chi connectivity index (χ2n) is 10.0. The average molecular weight is 345 g/mol. The lowest BCUT2D eigenvalue weighted by Crippen LogP contribution is -2.54. The first-order valence-corrected chi connectivity index (χ1v) is 11.3. The molecule has 6 unspecified atom stereocenters. The van der Waals surface area contributed by atoms with E-state index in [9.17, 15) is 0 Å². The summed E-state index contributed by atoms with van der Waals surface area (Å²) in [5, 5.41) is 3.77. The molecule has 142 valence electrons. The zero-order chi connectivity index (χ0) is 17.4. The second kappa shape index (κ2) is 7.72. The van der Waals surface area contributed by atoms with Gasteiger partial charge in [-0.15, -0.1) is 0 Å². The minimum atomic E-state index is 0.641. The number of likely N-dealkylation sites (tertiary alicyclic amines) is 1. The van der Waals surface area contributed by atoms with Gasteiger partial charge in [-0.1, -0.05) is 45.8 Å². The van der Waals surface area contributed by atoms with Crippen LogP contribution in [0.5, 0.6) is 0 Å². The highest BCUT2D eigenvalue weighted by Crippen LogP contribution is 2.44. The average Bonchev–Trinajstić information content (AvgIpc) is 3.26. The first kappa shape index (κ1) is 18.0. The van der Waals surface area contributed by atoms with Gasteiger partial charge in [-0.05, 0) is 74.7 Å². The van der Waals surface area contributed by atoms with Crippen molar-refractivity contribution in [3.05, 3.63) is 12.2 Å². The molecule has 4 aliphatic rings. The maximum Gasteiger partial charge on any atom is 0.0296 e. The van der Waals surface area contributed by atoms with Gasteiger partial charge in [0.05, 0.1) is 0 Å². The van der Waals surface area contributed by atoms with Crippen molar-refractivity contribution >= 4 is 0 Å². The highest BCUT2D eigenvalue weighted by atomic mass is 15.2. The Morgan fingerprint density at radius 2 is 1.60 bits per heavy atom. The van der Waals surface area contributed by atoms with Crippen LogP contribution in [0.2, 0.25) is 0 Å². The molecule has 2 saturated carbocycles. The van der Waals surface area contributed by atoms with Crippen molar-refractivity contribution in [2.24, 2.45) is 29.6 Å². The van der Waals surface area contributed by atoms with Gasteiger partial charge in [-0.25, -0.2) is 0 Å². The summed E-state index contributed by atoms with van der Waals surface area (Å²) in [6, 6.07) is 2.34. The molecule has 0 bridgehead atoms. The molecule has 0 radical (unpaired) electrons. The molecule has 0 aromatic heterocycles. The van der Waals surface area contributed by atoms with Crippen LogP contribution in [-0.2, 0) is 0 Å². The fourth-order valence-corrected chi connectivity index (χ4v) is 6.90. The normalized spacial score (nSPS) is 48.9. The Morgan fingerprint density at radius 1 is 0.840 bits per heavy atom. The maximum absolute atomic E-state index is 3.77. The number of nitrogens with zero attached hydrogens (tertiary/aromatic N) is 1. The van der Waals surface area contributed by atoms with Crippen LogP contribution in [0.1, 0.15) is 72.1 Å². The predicted octanol–water partition coefficient (Wildman–Crippen LogP) is 4.86. The Hall–Kier alpha value is -0.340. The van der Waals surface area contributed by atoms with Gasteiger partial charge in [0.25, 0.3) is 0 Å². The van der Waals surface area contributed by atoms with Crippen molar-refractivity contribution in [2.45, 2.75) is 90.3 Å². The first-order valence-electron chi connectivity index (χ1n) is 11.3. The SMILES string of the molecule is CC1CC[C@H](C2CCCN2[C@H]2CC(C)CCC2C2C=CCN2)C(C)C1. The lowest BCUT2D eigenvalue weighted by atomic mass is 9.70. The third-order valence-corrected chi connectivity index (χ3v) is 8.17. The van der Waals surface area contributed by atoms with E-state index in [1.54, 1.807) is 0 Å². The molecule has 2 aliphatic heterocycles. The van der Waals surface area contributed by atoms with Crippen LogP contribution < -0.4 is 5.32 Å². The maximum atomic E-state index is 3.77. The molecule has 0 aromatic rings. The Kier molecular flexibility index (Phi) is 5.57. The van der Waals surface area contributed by atoms with Gasteiger partial charge >= 0.3 is 0 Å². The number of rotatable bonds is 3. The zero-order valence-electron chi connectivity index (χ0n) is 16.8. The summed E-state index contributed by atoms with van der Waals surface area (Å²) in [7, 11) is 0. The largest absolute Gasteiger partial charge is 0.307 e. The quantitative estimate of drug-likeness (QED) is 0.736. The number of nitrogens with one attached hydrogen (secondary N) is 1. The van der Waals surface area contributed by atoms with E-state index in [0.29, 0.717) is 6.04 Å². The Balaban J connectivity index is 1.51. The molecule has 8 atom stereocenters. The van der Waals surface area contributed by atoms with Gasteiger partial charge in [0.2, 0.25) is 0 Å². The van der Waals surface area contributed by atoms with Crippen LogP contribution in [0.3, 0.4) is 0 Å². The van der Waals surface area contributed by atoms with E-state index in [-0.39, 0.29) is 0 Å². The molecule has 0 spiro atoms. The van der Waals surface area contributed by atoms with Crippen molar-refractivity contribution in [1.29, 1.82) is 0 Å². The van der Waals surface area contributed by atoms with E-state index >= 15 is 0 Å². The second-order valence-corrected chi connectivity index (χ2v) is 10.0. The highest BCUT2D eigenvalue weighted by molar-refractivity contribution is 5.09.